The smallest absolute Gasteiger partial charge is 0.308 e. The van der Waals surface area contributed by atoms with Gasteiger partial charge in [0.25, 0.3) is 0 Å². The highest BCUT2D eigenvalue weighted by Gasteiger charge is 2.55. The zero-order chi connectivity index (χ0) is 25.2. The first-order chi connectivity index (χ1) is 17.2. The quantitative estimate of drug-likeness (QED) is 0.504. The van der Waals surface area contributed by atoms with E-state index in [-0.39, 0.29) is 34.0 Å². The number of aromatic nitrogens is 1. The lowest BCUT2D eigenvalue weighted by Crippen LogP contribution is -2.34. The van der Waals surface area contributed by atoms with Crippen LogP contribution in [0.2, 0.25) is 0 Å². The van der Waals surface area contributed by atoms with Gasteiger partial charge in [-0.2, -0.15) is 0 Å². The summed E-state index contributed by atoms with van der Waals surface area (Å²) in [6, 6.07) is 12.2. The number of fused-ring (bicyclic) bond motifs is 6. The van der Waals surface area contributed by atoms with Gasteiger partial charge in [0.2, 0.25) is 15.9 Å². The topological polar surface area (TPSA) is 111 Å². The highest BCUT2D eigenvalue weighted by molar-refractivity contribution is 8.00. The van der Waals surface area contributed by atoms with E-state index in [0.717, 1.165) is 15.5 Å². The minimum absolute atomic E-state index is 0.0231. The summed E-state index contributed by atoms with van der Waals surface area (Å²) < 4.78 is 38.2. The van der Waals surface area contributed by atoms with E-state index in [9.17, 15) is 22.4 Å². The Balaban J connectivity index is 1.31. The van der Waals surface area contributed by atoms with Crippen molar-refractivity contribution in [2.45, 2.75) is 46.9 Å². The van der Waals surface area contributed by atoms with E-state index >= 15 is 0 Å². The summed E-state index contributed by atoms with van der Waals surface area (Å²) in [6.07, 6.45) is 3.57. The molecule has 2 aromatic carbocycles. The number of hydrogen-bond donors (Lipinski definition) is 2. The van der Waals surface area contributed by atoms with Crippen molar-refractivity contribution in [1.82, 2.24) is 4.57 Å². The lowest BCUT2D eigenvalue weighted by atomic mass is 9.75. The molecule has 11 heteroatoms. The fourth-order valence-electron chi connectivity index (χ4n) is 6.20. The van der Waals surface area contributed by atoms with Gasteiger partial charge in [-0.3, -0.25) is 14.2 Å². The van der Waals surface area contributed by atoms with E-state index in [4.69, 9.17) is 5.14 Å². The first-order valence-electron chi connectivity index (χ1n) is 11.8. The van der Waals surface area contributed by atoms with Crippen molar-refractivity contribution in [2.24, 2.45) is 22.9 Å². The number of sulfonamides is 1. The van der Waals surface area contributed by atoms with Crippen LogP contribution in [-0.2, 0) is 21.4 Å². The van der Waals surface area contributed by atoms with Crippen LogP contribution in [0.1, 0.15) is 35.6 Å². The Morgan fingerprint density at radius 1 is 1.08 bits per heavy atom. The summed E-state index contributed by atoms with van der Waals surface area (Å²) in [6.45, 7) is -0.143. The molecule has 6 rings (SSSR count). The molecule has 188 valence electrons. The molecule has 0 radical (unpaired) electrons. The number of carbonyl (C=O) groups excluding carboxylic acids is 1. The zero-order valence-electron chi connectivity index (χ0n) is 19.1. The molecular formula is C25H24FN3O4S3. The molecule has 0 spiro atoms. The second-order valence-electron chi connectivity index (χ2n) is 9.76. The van der Waals surface area contributed by atoms with Crippen molar-refractivity contribution in [3.05, 3.63) is 74.5 Å². The average Bonchev–Trinajstić information content (AvgIpc) is 3.53. The third-order valence-electron chi connectivity index (χ3n) is 7.69. The van der Waals surface area contributed by atoms with Gasteiger partial charge in [-0.1, -0.05) is 23.5 Å². The maximum absolute atomic E-state index is 13.7. The number of hydrogen-bond acceptors (Lipinski definition) is 6. The van der Waals surface area contributed by atoms with Gasteiger partial charge >= 0.3 is 4.87 Å². The summed E-state index contributed by atoms with van der Waals surface area (Å²) in [5.74, 6) is 0.961. The Bertz CT molecular complexity index is 1500. The predicted molar refractivity (Wildman–Crippen MR) is 137 cm³/mol. The Morgan fingerprint density at radius 2 is 1.78 bits per heavy atom. The van der Waals surface area contributed by atoms with Crippen LogP contribution in [0.5, 0.6) is 0 Å². The van der Waals surface area contributed by atoms with Crippen LogP contribution in [-0.4, -0.2) is 24.1 Å². The Kier molecular flexibility index (Phi) is 5.86. The largest absolute Gasteiger partial charge is 0.325 e. The Morgan fingerprint density at radius 3 is 2.47 bits per heavy atom. The molecule has 1 amide bonds. The molecule has 2 saturated carbocycles. The molecule has 3 aromatic rings. The number of nitrogens with two attached hydrogens (primary N) is 1. The molecule has 36 heavy (non-hydrogen) atoms. The second kappa shape index (κ2) is 8.83. The lowest BCUT2D eigenvalue weighted by Gasteiger charge is -2.40. The van der Waals surface area contributed by atoms with Crippen molar-refractivity contribution < 1.29 is 17.6 Å². The first-order valence-corrected chi connectivity index (χ1v) is 15.0. The molecule has 5 atom stereocenters. The third-order valence-corrected chi connectivity index (χ3v) is 11.4. The van der Waals surface area contributed by atoms with Crippen molar-refractivity contribution in [1.29, 1.82) is 0 Å². The second-order valence-corrected chi connectivity index (χ2v) is 13.5. The molecule has 0 unspecified atom stereocenters. The van der Waals surface area contributed by atoms with Gasteiger partial charge < -0.3 is 5.32 Å². The first kappa shape index (κ1) is 23.9. The molecular weight excluding hydrogens is 521 g/mol. The van der Waals surface area contributed by atoms with Crippen molar-refractivity contribution in [2.75, 3.05) is 5.32 Å². The monoisotopic (exact) mass is 545 g/mol. The number of halogens is 1. The van der Waals surface area contributed by atoms with Gasteiger partial charge in [-0.15, -0.1) is 11.8 Å². The number of nitrogens with zero attached hydrogens (tertiary/aromatic N) is 1. The number of nitrogens with one attached hydrogen (secondary N) is 1. The number of thiazole rings is 1. The maximum Gasteiger partial charge on any atom is 0.308 e. The number of thioether (sulfide) groups is 1. The van der Waals surface area contributed by atoms with E-state index in [1.54, 1.807) is 16.3 Å². The van der Waals surface area contributed by atoms with Crippen LogP contribution in [0.3, 0.4) is 0 Å². The molecule has 3 aliphatic rings. The van der Waals surface area contributed by atoms with Gasteiger partial charge in [0.05, 0.1) is 9.92 Å². The summed E-state index contributed by atoms with van der Waals surface area (Å²) in [5.41, 5.74) is 1.43. The minimum Gasteiger partial charge on any atom is -0.325 e. The Labute approximate surface area is 216 Å². The molecule has 3 N–H and O–H groups in total. The number of primary sulfonamides is 1. The molecule has 2 aliphatic carbocycles. The number of amides is 1. The van der Waals surface area contributed by atoms with Crippen molar-refractivity contribution in [3.8, 4) is 0 Å². The number of anilines is 1. The van der Waals surface area contributed by atoms with E-state index in [0.29, 0.717) is 28.7 Å². The number of carbonyl (C=O) groups is 1. The van der Waals surface area contributed by atoms with Gasteiger partial charge in [0, 0.05) is 21.7 Å². The molecule has 1 aromatic heterocycles. The van der Waals surface area contributed by atoms with E-state index in [1.807, 2.05) is 12.1 Å². The van der Waals surface area contributed by atoms with E-state index in [1.165, 1.54) is 67.0 Å². The van der Waals surface area contributed by atoms with Crippen LogP contribution < -0.4 is 15.3 Å². The molecule has 2 bridgehead atoms. The minimum atomic E-state index is -3.83. The van der Waals surface area contributed by atoms with Crippen LogP contribution >= 0.6 is 23.1 Å². The van der Waals surface area contributed by atoms with Crippen molar-refractivity contribution >= 4 is 44.7 Å². The highest BCUT2D eigenvalue weighted by Crippen LogP contribution is 2.64. The molecule has 0 saturated heterocycles. The maximum atomic E-state index is 13.7. The van der Waals surface area contributed by atoms with Crippen LogP contribution in [0, 0.1) is 23.6 Å². The third kappa shape index (κ3) is 4.11. The molecule has 2 heterocycles. The van der Waals surface area contributed by atoms with Crippen molar-refractivity contribution in [3.63, 3.8) is 0 Å². The van der Waals surface area contributed by atoms with E-state index in [2.05, 4.69) is 5.32 Å². The predicted octanol–water partition coefficient (Wildman–Crippen LogP) is 3.99. The SMILES string of the molecule is NS(=O)(=O)c1ccc(NC(=O)Cn2c3c(sc2=O)[C@@H](c2ccc(F)cc2)[C@@H]2[C@H]4CC[C@@H](C4)[C@H]2S3)cc1. The fourth-order valence-corrected chi connectivity index (χ4v) is 9.87. The summed E-state index contributed by atoms with van der Waals surface area (Å²) in [4.78, 5) is 26.7. The standard InChI is InChI=1S/C25H24FN3O4S3/c26-16-5-3-13(4-6-16)20-21-14-1-2-15(11-14)22(21)34-24-23(20)35-25(31)29(24)12-19(30)28-17-7-9-18(10-8-17)36(27,32)33/h3-10,14-15,20-22H,1-2,11-12H2,(H,28,30)(H2,27,32,33)/t14-,15-,20-,21-,22+/m0/s1. The normalized spacial score (nSPS) is 26.4. The average molecular weight is 546 g/mol. The summed E-state index contributed by atoms with van der Waals surface area (Å²) >= 11 is 2.92. The summed E-state index contributed by atoms with van der Waals surface area (Å²) in [7, 11) is -3.83. The van der Waals surface area contributed by atoms with Gasteiger partial charge in [0.1, 0.15) is 12.4 Å². The number of benzene rings is 2. The van der Waals surface area contributed by atoms with Gasteiger partial charge in [-0.25, -0.2) is 17.9 Å². The van der Waals surface area contributed by atoms with Gasteiger partial charge in [-0.05, 0) is 79.0 Å². The lowest BCUT2D eigenvalue weighted by molar-refractivity contribution is -0.116. The molecule has 2 fully saturated rings. The van der Waals surface area contributed by atoms with E-state index < -0.39 is 10.0 Å². The Hall–Kier alpha value is -2.47. The highest BCUT2D eigenvalue weighted by atomic mass is 32.2. The van der Waals surface area contributed by atoms with Crippen LogP contribution in [0.4, 0.5) is 10.1 Å². The zero-order valence-corrected chi connectivity index (χ0v) is 21.5. The van der Waals surface area contributed by atoms with Gasteiger partial charge in [0.15, 0.2) is 0 Å². The molecule has 7 nitrogen and oxygen atoms in total. The van der Waals surface area contributed by atoms with Crippen LogP contribution in [0.15, 0.2) is 63.2 Å². The number of rotatable bonds is 5. The summed E-state index contributed by atoms with van der Waals surface area (Å²) in [5, 5.41) is 9.08. The van der Waals surface area contributed by atoms with Crippen LogP contribution in [0.25, 0.3) is 0 Å². The fraction of sp³-hybridized carbons (Fsp3) is 0.360. The molecule has 1 aliphatic heterocycles.